The molecular formula is C13H20N2O. The summed E-state index contributed by atoms with van der Waals surface area (Å²) in [6.07, 6.45) is 6.56. The van der Waals surface area contributed by atoms with E-state index in [1.54, 1.807) is 6.21 Å². The van der Waals surface area contributed by atoms with E-state index in [0.29, 0.717) is 12.5 Å². The van der Waals surface area contributed by atoms with Crippen LogP contribution in [0.15, 0.2) is 11.2 Å². The zero-order valence-electron chi connectivity index (χ0n) is 10.1. The average molecular weight is 220 g/mol. The molecule has 3 heteroatoms. The highest BCUT2D eigenvalue weighted by atomic mass is 16.6. The number of hydrogen-bond acceptors (Lipinski definition) is 2. The molecule has 1 atom stereocenters. The smallest absolute Gasteiger partial charge is 0.116 e. The lowest BCUT2D eigenvalue weighted by molar-refractivity contribution is 0.146. The molecule has 0 aromatic carbocycles. The highest BCUT2D eigenvalue weighted by Gasteiger charge is 2.18. The molecular weight excluding hydrogens is 200 g/mol. The summed E-state index contributed by atoms with van der Waals surface area (Å²) in [5.74, 6) is 0.655. The maximum absolute atomic E-state index is 5.10. The summed E-state index contributed by atoms with van der Waals surface area (Å²) in [6.45, 7) is 5.04. The Morgan fingerprint density at radius 2 is 2.50 bits per heavy atom. The van der Waals surface area contributed by atoms with Gasteiger partial charge in [0.15, 0.2) is 0 Å². The molecule has 0 saturated carbocycles. The molecule has 1 aliphatic rings. The summed E-state index contributed by atoms with van der Waals surface area (Å²) in [4.78, 5) is 8.53. The number of fused-ring (bicyclic) bond motifs is 1. The number of hydrogen-bond donors (Lipinski definition) is 1. The molecule has 2 rings (SSSR count). The van der Waals surface area contributed by atoms with Gasteiger partial charge in [0.25, 0.3) is 0 Å². The molecule has 0 radical (unpaired) electrons. The molecule has 1 unspecified atom stereocenters. The Balaban J connectivity index is 2.03. The molecule has 0 spiro atoms. The maximum atomic E-state index is 5.10. The van der Waals surface area contributed by atoms with Gasteiger partial charge in [-0.05, 0) is 43.2 Å². The van der Waals surface area contributed by atoms with Crippen molar-refractivity contribution in [1.29, 1.82) is 0 Å². The maximum Gasteiger partial charge on any atom is 0.116 e. The first kappa shape index (κ1) is 11.2. The third-order valence-corrected chi connectivity index (χ3v) is 3.09. The first-order valence-electron chi connectivity index (χ1n) is 6.18. The van der Waals surface area contributed by atoms with Crippen LogP contribution in [0.25, 0.3) is 0 Å². The molecule has 0 saturated heterocycles. The summed E-state index contributed by atoms with van der Waals surface area (Å²) >= 11 is 0. The number of aromatic amines is 1. The predicted molar refractivity (Wildman–Crippen MR) is 66.0 cm³/mol. The second kappa shape index (κ2) is 5.19. The highest BCUT2D eigenvalue weighted by Crippen LogP contribution is 2.30. The second-order valence-corrected chi connectivity index (χ2v) is 4.52. The van der Waals surface area contributed by atoms with Crippen molar-refractivity contribution in [2.75, 3.05) is 6.61 Å². The van der Waals surface area contributed by atoms with Crippen molar-refractivity contribution >= 4 is 6.21 Å². The van der Waals surface area contributed by atoms with Gasteiger partial charge in [-0.2, -0.15) is 0 Å². The Labute approximate surface area is 96.9 Å². The lowest BCUT2D eigenvalue weighted by atomic mass is 9.89. The van der Waals surface area contributed by atoms with Crippen LogP contribution in [0.1, 0.15) is 56.0 Å². The highest BCUT2D eigenvalue weighted by molar-refractivity contribution is 5.77. The van der Waals surface area contributed by atoms with Gasteiger partial charge in [0, 0.05) is 5.69 Å². The van der Waals surface area contributed by atoms with Gasteiger partial charge in [0.05, 0.1) is 11.9 Å². The van der Waals surface area contributed by atoms with Gasteiger partial charge in [-0.3, -0.25) is 0 Å². The van der Waals surface area contributed by atoms with E-state index >= 15 is 0 Å². The van der Waals surface area contributed by atoms with E-state index in [9.17, 15) is 0 Å². The summed E-state index contributed by atoms with van der Waals surface area (Å²) in [5.41, 5.74) is 3.91. The van der Waals surface area contributed by atoms with Crippen molar-refractivity contribution < 1.29 is 4.84 Å². The Morgan fingerprint density at radius 1 is 1.62 bits per heavy atom. The predicted octanol–water partition coefficient (Wildman–Crippen LogP) is 3.22. The van der Waals surface area contributed by atoms with Gasteiger partial charge < -0.3 is 9.82 Å². The van der Waals surface area contributed by atoms with Crippen molar-refractivity contribution in [3.8, 4) is 0 Å². The SMILES string of the molecule is CCCO/N=C\c1cc2c([nH]1)C(C)CCC2. The molecule has 0 aliphatic heterocycles. The Morgan fingerprint density at radius 3 is 3.25 bits per heavy atom. The van der Waals surface area contributed by atoms with E-state index in [-0.39, 0.29) is 0 Å². The Kier molecular flexibility index (Phi) is 3.65. The molecule has 3 nitrogen and oxygen atoms in total. The number of aromatic nitrogens is 1. The third-order valence-electron chi connectivity index (χ3n) is 3.09. The lowest BCUT2D eigenvalue weighted by Crippen LogP contribution is -2.05. The fourth-order valence-electron chi connectivity index (χ4n) is 2.23. The van der Waals surface area contributed by atoms with Crippen LogP contribution in [0.4, 0.5) is 0 Å². The van der Waals surface area contributed by atoms with Gasteiger partial charge in [-0.1, -0.05) is 19.0 Å². The van der Waals surface area contributed by atoms with Crippen LogP contribution in [0, 0.1) is 0 Å². The Hall–Kier alpha value is -1.25. The number of aryl methyl sites for hydroxylation is 1. The van der Waals surface area contributed by atoms with E-state index in [1.165, 1.54) is 30.5 Å². The van der Waals surface area contributed by atoms with Gasteiger partial charge in [0.2, 0.25) is 0 Å². The summed E-state index contributed by atoms with van der Waals surface area (Å²) in [7, 11) is 0. The minimum atomic E-state index is 0.655. The quantitative estimate of drug-likeness (QED) is 0.472. The fraction of sp³-hybridized carbons (Fsp3) is 0.615. The van der Waals surface area contributed by atoms with Crippen molar-refractivity contribution in [3.63, 3.8) is 0 Å². The molecule has 1 heterocycles. The first-order valence-corrected chi connectivity index (χ1v) is 6.18. The van der Waals surface area contributed by atoms with E-state index < -0.39 is 0 Å². The average Bonchev–Trinajstić information content (AvgIpc) is 2.69. The standard InChI is InChI=1S/C13H20N2O/c1-3-7-16-14-9-12-8-11-6-4-5-10(2)13(11)15-12/h8-10,15H,3-7H2,1-2H3/b14-9-. The zero-order chi connectivity index (χ0) is 11.4. The molecule has 0 amide bonds. The second-order valence-electron chi connectivity index (χ2n) is 4.52. The van der Waals surface area contributed by atoms with Crippen LogP contribution in [0.3, 0.4) is 0 Å². The number of rotatable bonds is 4. The fourth-order valence-corrected chi connectivity index (χ4v) is 2.23. The van der Waals surface area contributed by atoms with Crippen LogP contribution in [0.2, 0.25) is 0 Å². The minimum absolute atomic E-state index is 0.655. The van der Waals surface area contributed by atoms with E-state index in [4.69, 9.17) is 4.84 Å². The van der Waals surface area contributed by atoms with Crippen molar-refractivity contribution in [2.24, 2.45) is 5.16 Å². The van der Waals surface area contributed by atoms with E-state index in [0.717, 1.165) is 12.1 Å². The van der Waals surface area contributed by atoms with Crippen LogP contribution in [0.5, 0.6) is 0 Å². The zero-order valence-corrected chi connectivity index (χ0v) is 10.1. The van der Waals surface area contributed by atoms with Crippen molar-refractivity contribution in [1.82, 2.24) is 4.98 Å². The van der Waals surface area contributed by atoms with Gasteiger partial charge >= 0.3 is 0 Å². The van der Waals surface area contributed by atoms with Gasteiger partial charge in [-0.15, -0.1) is 0 Å². The number of nitrogens with one attached hydrogen (secondary N) is 1. The van der Waals surface area contributed by atoms with Crippen molar-refractivity contribution in [2.45, 2.75) is 45.4 Å². The number of H-pyrrole nitrogens is 1. The van der Waals surface area contributed by atoms with Crippen LogP contribution < -0.4 is 0 Å². The summed E-state index contributed by atoms with van der Waals surface area (Å²) in [6, 6.07) is 2.20. The molecule has 0 fully saturated rings. The molecule has 1 aromatic rings. The summed E-state index contributed by atoms with van der Waals surface area (Å²) in [5, 5.41) is 3.94. The molecule has 1 N–H and O–H groups in total. The van der Waals surface area contributed by atoms with Gasteiger partial charge in [-0.25, -0.2) is 0 Å². The van der Waals surface area contributed by atoms with E-state index in [1.807, 2.05) is 0 Å². The van der Waals surface area contributed by atoms with Crippen LogP contribution in [-0.2, 0) is 11.3 Å². The third kappa shape index (κ3) is 2.46. The number of nitrogens with zero attached hydrogens (tertiary/aromatic N) is 1. The van der Waals surface area contributed by atoms with Gasteiger partial charge in [0.1, 0.15) is 6.61 Å². The molecule has 16 heavy (non-hydrogen) atoms. The number of oxime groups is 1. The molecule has 1 aromatic heterocycles. The largest absolute Gasteiger partial charge is 0.396 e. The molecule has 0 bridgehead atoms. The summed E-state index contributed by atoms with van der Waals surface area (Å²) < 4.78 is 0. The lowest BCUT2D eigenvalue weighted by Gasteiger charge is -2.17. The molecule has 88 valence electrons. The normalized spacial score (nSPS) is 20.0. The van der Waals surface area contributed by atoms with E-state index in [2.05, 4.69) is 30.1 Å². The van der Waals surface area contributed by atoms with Crippen LogP contribution in [-0.4, -0.2) is 17.8 Å². The Bertz CT molecular complexity index is 368. The van der Waals surface area contributed by atoms with Crippen LogP contribution >= 0.6 is 0 Å². The minimum Gasteiger partial charge on any atom is -0.396 e. The first-order chi connectivity index (χ1) is 7.81. The topological polar surface area (TPSA) is 37.4 Å². The monoisotopic (exact) mass is 220 g/mol. The van der Waals surface area contributed by atoms with Crippen molar-refractivity contribution in [3.05, 3.63) is 23.0 Å². The molecule has 1 aliphatic carbocycles.